The van der Waals surface area contributed by atoms with E-state index < -0.39 is 22.9 Å². The van der Waals surface area contributed by atoms with Crippen molar-refractivity contribution in [1.82, 2.24) is 29.2 Å². The maximum absolute atomic E-state index is 13.8. The average Bonchev–Trinajstić information content (AvgIpc) is 3.35. The van der Waals surface area contributed by atoms with Crippen LogP contribution < -0.4 is 11.2 Å². The van der Waals surface area contributed by atoms with Gasteiger partial charge in [-0.15, -0.1) is 0 Å². The quantitative estimate of drug-likeness (QED) is 0.391. The summed E-state index contributed by atoms with van der Waals surface area (Å²) in [6.07, 6.45) is 2.82. The molecule has 0 aliphatic heterocycles. The summed E-state index contributed by atoms with van der Waals surface area (Å²) < 4.78 is 34.7. The molecule has 5 rings (SSSR count). The van der Waals surface area contributed by atoms with E-state index >= 15 is 0 Å². The van der Waals surface area contributed by atoms with Crippen molar-refractivity contribution < 1.29 is 13.3 Å². The zero-order valence-corrected chi connectivity index (χ0v) is 18.1. The van der Waals surface area contributed by atoms with Crippen molar-refractivity contribution in [3.63, 3.8) is 0 Å². The van der Waals surface area contributed by atoms with Gasteiger partial charge in [0.1, 0.15) is 11.6 Å². The molecule has 1 fully saturated rings. The number of nitrogens with one attached hydrogen (secondary N) is 1. The fourth-order valence-corrected chi connectivity index (χ4v) is 3.92. The van der Waals surface area contributed by atoms with Gasteiger partial charge in [0.15, 0.2) is 17.0 Å². The number of benzene rings is 1. The summed E-state index contributed by atoms with van der Waals surface area (Å²) in [5.41, 5.74) is -0.201. The van der Waals surface area contributed by atoms with Gasteiger partial charge in [-0.2, -0.15) is 9.97 Å². The lowest BCUT2D eigenvalue weighted by atomic mass is 10.1. The van der Waals surface area contributed by atoms with Gasteiger partial charge in [0, 0.05) is 32.0 Å². The van der Waals surface area contributed by atoms with E-state index in [0.717, 1.165) is 29.5 Å². The Morgan fingerprint density at radius 2 is 2.00 bits per heavy atom. The van der Waals surface area contributed by atoms with Crippen LogP contribution in [-0.2, 0) is 25.9 Å². The number of H-pyrrole nitrogens is 1. The Balaban J connectivity index is 1.31. The van der Waals surface area contributed by atoms with Crippen molar-refractivity contribution in [2.45, 2.75) is 45.2 Å². The van der Waals surface area contributed by atoms with E-state index in [-0.39, 0.29) is 40.8 Å². The molecule has 0 radical (unpaired) electrons. The Bertz CT molecular complexity index is 1450. The third-order valence-corrected chi connectivity index (χ3v) is 5.80. The van der Waals surface area contributed by atoms with Crippen LogP contribution >= 0.6 is 11.6 Å². The van der Waals surface area contributed by atoms with E-state index in [1.807, 2.05) is 0 Å². The zero-order valence-electron chi connectivity index (χ0n) is 17.4. The average molecular weight is 477 g/mol. The summed E-state index contributed by atoms with van der Waals surface area (Å²) in [7, 11) is 0. The highest BCUT2D eigenvalue weighted by molar-refractivity contribution is 6.28. The third-order valence-electron chi connectivity index (χ3n) is 5.62. The Kier molecular flexibility index (Phi) is 5.57. The van der Waals surface area contributed by atoms with Gasteiger partial charge in [-0.3, -0.25) is 13.9 Å². The van der Waals surface area contributed by atoms with Crippen molar-refractivity contribution in [1.29, 1.82) is 0 Å². The van der Waals surface area contributed by atoms with E-state index in [4.69, 9.17) is 16.1 Å². The number of nitrogens with zero attached hydrogens (tertiary/aromatic N) is 5. The monoisotopic (exact) mass is 476 g/mol. The lowest BCUT2D eigenvalue weighted by molar-refractivity contribution is 0.366. The number of aromatic amines is 1. The third kappa shape index (κ3) is 4.45. The lowest BCUT2D eigenvalue weighted by Gasteiger charge is -2.10. The van der Waals surface area contributed by atoms with E-state index in [9.17, 15) is 18.4 Å². The SMILES string of the molecule is O=c1c2[nH]c(Cl)nc2n(CC2CC2)c(=O)n1CCCc1nc(Cc2ccc(F)cc2F)no1. The molecule has 33 heavy (non-hydrogen) atoms. The molecule has 0 spiro atoms. The highest BCUT2D eigenvalue weighted by Gasteiger charge is 2.25. The maximum atomic E-state index is 13.8. The minimum Gasteiger partial charge on any atom is -0.339 e. The molecule has 0 atom stereocenters. The van der Waals surface area contributed by atoms with Crippen LogP contribution in [0.2, 0.25) is 5.28 Å². The number of aromatic nitrogens is 6. The minimum atomic E-state index is -0.683. The molecule has 1 aliphatic carbocycles. The minimum absolute atomic E-state index is 0.0538. The molecule has 3 aromatic heterocycles. The number of aryl methyl sites for hydroxylation is 1. The Hall–Kier alpha value is -3.34. The molecule has 9 nitrogen and oxygen atoms in total. The van der Waals surface area contributed by atoms with E-state index in [2.05, 4.69) is 20.1 Å². The summed E-state index contributed by atoms with van der Waals surface area (Å²) in [6.45, 7) is 0.628. The van der Waals surface area contributed by atoms with Crippen LogP contribution in [0, 0.1) is 17.6 Å². The molecule has 0 saturated heterocycles. The highest BCUT2D eigenvalue weighted by atomic mass is 35.5. The summed E-state index contributed by atoms with van der Waals surface area (Å²) >= 11 is 5.95. The maximum Gasteiger partial charge on any atom is 0.332 e. The van der Waals surface area contributed by atoms with Crippen molar-refractivity contribution in [2.75, 3.05) is 0 Å². The van der Waals surface area contributed by atoms with Crippen molar-refractivity contribution in [3.05, 3.63) is 73.2 Å². The van der Waals surface area contributed by atoms with Crippen LogP contribution in [0.3, 0.4) is 0 Å². The summed E-state index contributed by atoms with van der Waals surface area (Å²) in [5, 5.41) is 3.88. The van der Waals surface area contributed by atoms with Crippen LogP contribution in [0.1, 0.15) is 36.5 Å². The Morgan fingerprint density at radius 3 is 2.76 bits per heavy atom. The van der Waals surface area contributed by atoms with E-state index in [1.54, 1.807) is 0 Å². The predicted molar refractivity (Wildman–Crippen MR) is 114 cm³/mol. The second-order valence-electron chi connectivity index (χ2n) is 8.14. The van der Waals surface area contributed by atoms with Crippen LogP contribution in [0.25, 0.3) is 11.2 Å². The van der Waals surface area contributed by atoms with Gasteiger partial charge in [-0.25, -0.2) is 13.6 Å². The summed E-state index contributed by atoms with van der Waals surface area (Å²) in [5.74, 6) is -0.391. The van der Waals surface area contributed by atoms with Crippen molar-refractivity contribution in [3.8, 4) is 0 Å². The number of fused-ring (bicyclic) bond motifs is 1. The molecule has 0 bridgehead atoms. The number of imidazole rings is 1. The van der Waals surface area contributed by atoms with Gasteiger partial charge in [-0.1, -0.05) is 11.2 Å². The van der Waals surface area contributed by atoms with Gasteiger partial charge in [-0.05, 0) is 48.4 Å². The molecule has 1 saturated carbocycles. The Labute approximate surface area is 190 Å². The molecule has 1 aliphatic rings. The highest BCUT2D eigenvalue weighted by Crippen LogP contribution is 2.30. The molecule has 0 amide bonds. The smallest absolute Gasteiger partial charge is 0.332 e. The first kappa shape index (κ1) is 21.5. The molecular weight excluding hydrogens is 458 g/mol. The zero-order chi connectivity index (χ0) is 23.1. The lowest BCUT2D eigenvalue weighted by Crippen LogP contribution is -2.40. The predicted octanol–water partition coefficient (Wildman–Crippen LogP) is 2.83. The van der Waals surface area contributed by atoms with Crippen LogP contribution in [0.4, 0.5) is 8.78 Å². The number of rotatable bonds is 8. The number of hydrogen-bond donors (Lipinski definition) is 1. The summed E-state index contributed by atoms with van der Waals surface area (Å²) in [4.78, 5) is 36.9. The fourth-order valence-electron chi connectivity index (χ4n) is 3.75. The molecule has 1 aromatic carbocycles. The van der Waals surface area contributed by atoms with Crippen LogP contribution in [0.15, 0.2) is 32.3 Å². The van der Waals surface area contributed by atoms with Gasteiger partial charge in [0.25, 0.3) is 5.56 Å². The molecule has 0 unspecified atom stereocenters. The first-order chi connectivity index (χ1) is 15.9. The molecule has 3 heterocycles. The first-order valence-electron chi connectivity index (χ1n) is 10.5. The number of hydrogen-bond acceptors (Lipinski definition) is 6. The standard InChI is InChI=1S/C21H19ClF2N6O3/c22-20-26-17-18(27-20)30(10-11-3-4-11)21(32)29(19(17)31)7-1-2-16-25-15(28-33-16)8-12-5-6-13(23)9-14(12)24/h5-6,9,11H,1-4,7-8,10H2,(H,26,27). The topological polar surface area (TPSA) is 112 Å². The first-order valence-corrected chi connectivity index (χ1v) is 10.9. The molecular formula is C21H19ClF2N6O3. The largest absolute Gasteiger partial charge is 0.339 e. The molecule has 4 aromatic rings. The van der Waals surface area contributed by atoms with Crippen LogP contribution in [-0.4, -0.2) is 29.2 Å². The second kappa shape index (κ2) is 8.54. The fraction of sp³-hybridized carbons (Fsp3) is 0.381. The van der Waals surface area contributed by atoms with Crippen molar-refractivity contribution >= 4 is 22.8 Å². The number of halogens is 3. The van der Waals surface area contributed by atoms with E-state index in [1.165, 1.54) is 10.6 Å². The van der Waals surface area contributed by atoms with Gasteiger partial charge >= 0.3 is 5.69 Å². The molecule has 172 valence electrons. The Morgan fingerprint density at radius 1 is 1.18 bits per heavy atom. The normalized spacial score (nSPS) is 13.8. The van der Waals surface area contributed by atoms with Crippen LogP contribution in [0.5, 0.6) is 0 Å². The summed E-state index contributed by atoms with van der Waals surface area (Å²) in [6, 6.07) is 3.29. The second-order valence-corrected chi connectivity index (χ2v) is 8.50. The van der Waals surface area contributed by atoms with E-state index in [0.29, 0.717) is 31.2 Å². The van der Waals surface area contributed by atoms with Gasteiger partial charge in [0.2, 0.25) is 11.2 Å². The van der Waals surface area contributed by atoms with Gasteiger partial charge in [0.05, 0.1) is 0 Å². The van der Waals surface area contributed by atoms with Gasteiger partial charge < -0.3 is 9.51 Å². The van der Waals surface area contributed by atoms with Crippen molar-refractivity contribution in [2.24, 2.45) is 5.92 Å². The molecule has 1 N–H and O–H groups in total. The molecule has 12 heteroatoms.